The molecule has 0 unspecified atom stereocenters. The number of carbonyl (C=O) groups is 1. The predicted octanol–water partition coefficient (Wildman–Crippen LogP) is 4.70. The van der Waals surface area contributed by atoms with Crippen LogP contribution in [-0.4, -0.2) is 21.9 Å². The molecule has 9 heteroatoms. The molecule has 0 bridgehead atoms. The van der Waals surface area contributed by atoms with Crippen LogP contribution >= 0.6 is 0 Å². The minimum atomic E-state index is -4.52. The standard InChI is InChI=1S/C19H17F3N4O2/c1-11-4-6-12(7-5-11)24-18(27)13-10-23-26-16(19(20,21)22)9-14(25-17(13)26)15-3-2-8-28-15/h2-8,10,14,16,25H,9H2,1H3,(H,24,27)/t14-,16-/m0/s1. The molecule has 146 valence electrons. The van der Waals surface area contributed by atoms with E-state index < -0.39 is 24.2 Å². The molecule has 1 aliphatic heterocycles. The number of rotatable bonds is 3. The largest absolute Gasteiger partial charge is 0.467 e. The third-order valence-corrected chi connectivity index (χ3v) is 4.68. The molecule has 3 aromatic rings. The molecule has 0 spiro atoms. The zero-order valence-electron chi connectivity index (χ0n) is 14.8. The van der Waals surface area contributed by atoms with Gasteiger partial charge in [0.15, 0.2) is 6.04 Å². The summed E-state index contributed by atoms with van der Waals surface area (Å²) in [7, 11) is 0. The number of aromatic nitrogens is 2. The summed E-state index contributed by atoms with van der Waals surface area (Å²) in [5, 5.41) is 9.50. The van der Waals surface area contributed by atoms with Gasteiger partial charge < -0.3 is 15.1 Å². The second-order valence-corrected chi connectivity index (χ2v) is 6.68. The Morgan fingerprint density at radius 3 is 2.68 bits per heavy atom. The van der Waals surface area contributed by atoms with Gasteiger partial charge in [-0.1, -0.05) is 17.7 Å². The van der Waals surface area contributed by atoms with Gasteiger partial charge in [0.25, 0.3) is 5.91 Å². The van der Waals surface area contributed by atoms with Crippen molar-refractivity contribution in [3.05, 3.63) is 65.7 Å². The maximum absolute atomic E-state index is 13.6. The Morgan fingerprint density at radius 1 is 1.29 bits per heavy atom. The van der Waals surface area contributed by atoms with Gasteiger partial charge in [0.2, 0.25) is 0 Å². The number of furan rings is 1. The highest BCUT2D eigenvalue weighted by molar-refractivity contribution is 6.07. The van der Waals surface area contributed by atoms with Crippen molar-refractivity contribution >= 4 is 17.4 Å². The van der Waals surface area contributed by atoms with Crippen LogP contribution in [0.5, 0.6) is 0 Å². The number of nitrogens with one attached hydrogen (secondary N) is 2. The van der Waals surface area contributed by atoms with Crippen molar-refractivity contribution in [1.82, 2.24) is 9.78 Å². The van der Waals surface area contributed by atoms with Crippen molar-refractivity contribution in [2.45, 2.75) is 31.6 Å². The first kappa shape index (κ1) is 18.1. The lowest BCUT2D eigenvalue weighted by Gasteiger charge is -2.32. The van der Waals surface area contributed by atoms with E-state index in [1.165, 1.54) is 6.26 Å². The van der Waals surface area contributed by atoms with Crippen LogP contribution in [0.25, 0.3) is 0 Å². The molecule has 0 saturated carbocycles. The zero-order chi connectivity index (χ0) is 19.9. The number of aryl methyl sites for hydroxylation is 1. The lowest BCUT2D eigenvalue weighted by molar-refractivity contribution is -0.174. The molecule has 2 N–H and O–H groups in total. The minimum absolute atomic E-state index is 0.0135. The number of fused-ring (bicyclic) bond motifs is 1. The van der Waals surface area contributed by atoms with Crippen molar-refractivity contribution < 1.29 is 22.4 Å². The van der Waals surface area contributed by atoms with Crippen LogP contribution in [0.2, 0.25) is 0 Å². The zero-order valence-corrected chi connectivity index (χ0v) is 14.8. The average molecular weight is 390 g/mol. The SMILES string of the molecule is Cc1ccc(NC(=O)c2cnn3c2N[C@H](c2ccco2)C[C@H]3C(F)(F)F)cc1. The Kier molecular flexibility index (Phi) is 4.37. The molecule has 1 aromatic carbocycles. The van der Waals surface area contributed by atoms with Gasteiger partial charge in [-0.05, 0) is 31.2 Å². The normalized spacial score (nSPS) is 19.0. The van der Waals surface area contributed by atoms with Crippen LogP contribution in [0.4, 0.5) is 24.7 Å². The molecule has 0 radical (unpaired) electrons. The van der Waals surface area contributed by atoms with E-state index in [1.807, 2.05) is 19.1 Å². The molecule has 3 heterocycles. The number of amides is 1. The highest BCUT2D eigenvalue weighted by Gasteiger charge is 2.47. The van der Waals surface area contributed by atoms with Gasteiger partial charge in [-0.15, -0.1) is 0 Å². The smallest absolute Gasteiger partial charge is 0.410 e. The number of carbonyl (C=O) groups excluding carboxylic acids is 1. The minimum Gasteiger partial charge on any atom is -0.467 e. The molecular formula is C19H17F3N4O2. The summed E-state index contributed by atoms with van der Waals surface area (Å²) in [4.78, 5) is 12.7. The summed E-state index contributed by atoms with van der Waals surface area (Å²) >= 11 is 0. The summed E-state index contributed by atoms with van der Waals surface area (Å²) < 4.78 is 46.9. The van der Waals surface area contributed by atoms with Crippen LogP contribution in [-0.2, 0) is 0 Å². The number of alkyl halides is 3. The molecular weight excluding hydrogens is 373 g/mol. The van der Waals surface area contributed by atoms with Gasteiger partial charge in [0.1, 0.15) is 17.1 Å². The van der Waals surface area contributed by atoms with Crippen molar-refractivity contribution in [1.29, 1.82) is 0 Å². The molecule has 4 rings (SSSR count). The third kappa shape index (κ3) is 3.35. The number of anilines is 2. The van der Waals surface area contributed by atoms with E-state index in [0.717, 1.165) is 16.4 Å². The molecule has 28 heavy (non-hydrogen) atoms. The van der Waals surface area contributed by atoms with Gasteiger partial charge >= 0.3 is 6.18 Å². The topological polar surface area (TPSA) is 72.1 Å². The Balaban J connectivity index is 1.67. The van der Waals surface area contributed by atoms with Gasteiger partial charge in [0, 0.05) is 12.1 Å². The van der Waals surface area contributed by atoms with E-state index in [1.54, 1.807) is 24.3 Å². The van der Waals surface area contributed by atoms with E-state index in [9.17, 15) is 18.0 Å². The van der Waals surface area contributed by atoms with Gasteiger partial charge in [0.05, 0.1) is 18.5 Å². The Hall–Kier alpha value is -3.23. The van der Waals surface area contributed by atoms with E-state index in [-0.39, 0.29) is 17.8 Å². The first-order chi connectivity index (χ1) is 13.3. The van der Waals surface area contributed by atoms with Crippen molar-refractivity contribution in [3.8, 4) is 0 Å². The monoisotopic (exact) mass is 390 g/mol. The fourth-order valence-electron chi connectivity index (χ4n) is 3.24. The molecule has 2 atom stereocenters. The third-order valence-electron chi connectivity index (χ3n) is 4.68. The van der Waals surface area contributed by atoms with E-state index >= 15 is 0 Å². The maximum atomic E-state index is 13.6. The Bertz CT molecular complexity index is 978. The van der Waals surface area contributed by atoms with Crippen LogP contribution in [0.3, 0.4) is 0 Å². The maximum Gasteiger partial charge on any atom is 0.410 e. The van der Waals surface area contributed by atoms with Crippen molar-refractivity contribution in [2.75, 3.05) is 10.6 Å². The van der Waals surface area contributed by atoms with Crippen molar-refractivity contribution in [3.63, 3.8) is 0 Å². The first-order valence-electron chi connectivity index (χ1n) is 8.65. The number of hydrogen-bond donors (Lipinski definition) is 2. The van der Waals surface area contributed by atoms with Crippen LogP contribution in [0, 0.1) is 6.92 Å². The highest BCUT2D eigenvalue weighted by Crippen LogP contribution is 2.44. The van der Waals surface area contributed by atoms with E-state index in [0.29, 0.717) is 11.4 Å². The van der Waals surface area contributed by atoms with Crippen LogP contribution in [0.15, 0.2) is 53.3 Å². The summed E-state index contributed by atoms with van der Waals surface area (Å²) in [6, 6.07) is 7.72. The fourth-order valence-corrected chi connectivity index (χ4v) is 3.24. The van der Waals surface area contributed by atoms with Crippen molar-refractivity contribution in [2.24, 2.45) is 0 Å². The van der Waals surface area contributed by atoms with Gasteiger partial charge in [-0.25, -0.2) is 4.68 Å². The number of benzene rings is 1. The quantitative estimate of drug-likeness (QED) is 0.680. The Labute approximate surface area is 158 Å². The van der Waals surface area contributed by atoms with E-state index in [4.69, 9.17) is 4.42 Å². The summed E-state index contributed by atoms with van der Waals surface area (Å²) in [5.74, 6) is -0.162. The predicted molar refractivity (Wildman–Crippen MR) is 96.1 cm³/mol. The number of nitrogens with zero attached hydrogens (tertiary/aromatic N) is 2. The fraction of sp³-hybridized carbons (Fsp3) is 0.263. The van der Waals surface area contributed by atoms with Crippen LogP contribution in [0.1, 0.15) is 40.2 Å². The Morgan fingerprint density at radius 2 is 2.04 bits per heavy atom. The van der Waals surface area contributed by atoms with Gasteiger partial charge in [-0.3, -0.25) is 4.79 Å². The molecule has 0 fully saturated rings. The number of hydrogen-bond acceptors (Lipinski definition) is 4. The lowest BCUT2D eigenvalue weighted by atomic mass is 10.0. The molecule has 2 aromatic heterocycles. The lowest BCUT2D eigenvalue weighted by Crippen LogP contribution is -2.36. The summed E-state index contributed by atoms with van der Waals surface area (Å²) in [6.07, 6.45) is -2.26. The highest BCUT2D eigenvalue weighted by atomic mass is 19.4. The van der Waals surface area contributed by atoms with Gasteiger partial charge in [-0.2, -0.15) is 18.3 Å². The average Bonchev–Trinajstić information content (AvgIpc) is 3.31. The molecule has 1 aliphatic rings. The molecule has 6 nitrogen and oxygen atoms in total. The molecule has 1 amide bonds. The molecule has 0 saturated heterocycles. The second-order valence-electron chi connectivity index (χ2n) is 6.68. The first-order valence-corrected chi connectivity index (χ1v) is 8.65. The van der Waals surface area contributed by atoms with E-state index in [2.05, 4.69) is 15.7 Å². The number of halogens is 3. The second kappa shape index (κ2) is 6.74. The van der Waals surface area contributed by atoms with Crippen LogP contribution < -0.4 is 10.6 Å². The summed E-state index contributed by atoms with van der Waals surface area (Å²) in [6.45, 7) is 1.91. The summed E-state index contributed by atoms with van der Waals surface area (Å²) in [5.41, 5.74) is 1.60. The molecule has 0 aliphatic carbocycles.